The molecule has 0 unspecified atom stereocenters. The molecule has 0 saturated carbocycles. The summed E-state index contributed by atoms with van der Waals surface area (Å²) >= 11 is 0. The van der Waals surface area contributed by atoms with E-state index in [2.05, 4.69) is 0 Å². The zero-order chi connectivity index (χ0) is 8.15. The van der Waals surface area contributed by atoms with E-state index in [1.54, 1.807) is 18.9 Å². The molecule has 0 radical (unpaired) electrons. The molecule has 0 atom stereocenters. The molecule has 4 nitrogen and oxygen atoms in total. The topological polar surface area (TPSA) is 77.0 Å². The Hall–Kier alpha value is -1.06. The van der Waals surface area contributed by atoms with Crippen LogP contribution in [0.1, 0.15) is 13.3 Å². The zero-order valence-electron chi connectivity index (χ0n) is 6.44. The minimum Gasteiger partial charge on any atom is -0.370 e. The summed E-state index contributed by atoms with van der Waals surface area (Å²) in [5.74, 6) is 0.0567. The molecule has 0 rings (SSSR count). The van der Waals surface area contributed by atoms with E-state index in [0.29, 0.717) is 18.7 Å². The van der Waals surface area contributed by atoms with Crippen molar-refractivity contribution in [3.8, 4) is 0 Å². The van der Waals surface area contributed by atoms with Gasteiger partial charge in [-0.05, 0) is 6.92 Å². The average Bonchev–Trinajstić information content (AvgIpc) is 1.82. The van der Waals surface area contributed by atoms with E-state index in [1.165, 1.54) is 0 Å². The van der Waals surface area contributed by atoms with Crippen LogP contribution in [-0.4, -0.2) is 30.2 Å². The number of nitrogens with zero attached hydrogens (tertiary/aromatic N) is 1. The number of nitrogens with one attached hydrogen (secondary N) is 2. The van der Waals surface area contributed by atoms with Crippen molar-refractivity contribution in [2.45, 2.75) is 13.3 Å². The lowest BCUT2D eigenvalue weighted by Crippen LogP contribution is -2.34. The lowest BCUT2D eigenvalue weighted by atomic mass is 10.3. The largest absolute Gasteiger partial charge is 0.370 e. The molecule has 0 aliphatic heterocycles. The molecule has 0 heterocycles. The van der Waals surface area contributed by atoms with Crippen molar-refractivity contribution < 1.29 is 0 Å². The first-order valence-corrected chi connectivity index (χ1v) is 3.13. The molecule has 4 heteroatoms. The number of guanidine groups is 1. The van der Waals surface area contributed by atoms with Gasteiger partial charge in [-0.25, -0.2) is 0 Å². The Morgan fingerprint density at radius 3 is 2.30 bits per heavy atom. The maximum Gasteiger partial charge on any atom is 0.188 e. The van der Waals surface area contributed by atoms with E-state index in [4.69, 9.17) is 16.6 Å². The summed E-state index contributed by atoms with van der Waals surface area (Å²) in [5, 5.41) is 14.1. The highest BCUT2D eigenvalue weighted by atomic mass is 15.2. The number of nitrogens with two attached hydrogens (primary N) is 1. The molecular formula is C6H14N4. The van der Waals surface area contributed by atoms with Crippen LogP contribution >= 0.6 is 0 Å². The fraction of sp³-hybridized carbons (Fsp3) is 0.667. The first kappa shape index (κ1) is 8.94. The standard InChI is InChI=1S/C6H14N4/c1-5(7)3-4-10(2)6(8)9/h7H,3-4H2,1-2H3,(H3,8,9). The van der Waals surface area contributed by atoms with Gasteiger partial charge in [0.05, 0.1) is 0 Å². The Bertz CT molecular complexity index is 141. The summed E-state index contributed by atoms with van der Waals surface area (Å²) in [6.07, 6.45) is 0.677. The Balaban J connectivity index is 3.49. The van der Waals surface area contributed by atoms with Gasteiger partial charge in [-0.2, -0.15) is 0 Å². The van der Waals surface area contributed by atoms with E-state index >= 15 is 0 Å². The SMILES string of the molecule is CC(=N)CCN(C)C(=N)N. The molecule has 10 heavy (non-hydrogen) atoms. The summed E-state index contributed by atoms with van der Waals surface area (Å²) in [5.41, 5.74) is 5.78. The second kappa shape index (κ2) is 3.87. The summed E-state index contributed by atoms with van der Waals surface area (Å²) in [6, 6.07) is 0. The quantitative estimate of drug-likeness (QED) is 0.390. The third kappa shape index (κ3) is 3.88. The zero-order valence-corrected chi connectivity index (χ0v) is 6.44. The molecule has 0 aromatic carbocycles. The van der Waals surface area contributed by atoms with Crippen molar-refractivity contribution in [2.24, 2.45) is 5.73 Å². The Kier molecular flexibility index (Phi) is 3.46. The van der Waals surface area contributed by atoms with Crippen LogP contribution in [0.15, 0.2) is 0 Å². The van der Waals surface area contributed by atoms with Crippen LogP contribution < -0.4 is 5.73 Å². The van der Waals surface area contributed by atoms with Crippen molar-refractivity contribution in [3.63, 3.8) is 0 Å². The Morgan fingerprint density at radius 1 is 1.50 bits per heavy atom. The molecule has 0 saturated heterocycles. The summed E-state index contributed by atoms with van der Waals surface area (Å²) < 4.78 is 0. The molecule has 0 aromatic heterocycles. The van der Waals surface area contributed by atoms with Crippen LogP contribution in [0.3, 0.4) is 0 Å². The predicted octanol–water partition coefficient (Wildman–Crippen LogP) is 0.241. The van der Waals surface area contributed by atoms with E-state index < -0.39 is 0 Å². The lowest BCUT2D eigenvalue weighted by molar-refractivity contribution is 0.509. The average molecular weight is 142 g/mol. The Morgan fingerprint density at radius 2 is 2.00 bits per heavy atom. The molecule has 58 valence electrons. The van der Waals surface area contributed by atoms with Crippen LogP contribution in [0.2, 0.25) is 0 Å². The van der Waals surface area contributed by atoms with E-state index in [-0.39, 0.29) is 5.96 Å². The molecule has 0 aliphatic rings. The minimum absolute atomic E-state index is 0.0567. The smallest absolute Gasteiger partial charge is 0.188 e. The van der Waals surface area contributed by atoms with Crippen LogP contribution in [-0.2, 0) is 0 Å². The van der Waals surface area contributed by atoms with Gasteiger partial charge in [0.15, 0.2) is 5.96 Å². The van der Waals surface area contributed by atoms with Gasteiger partial charge in [-0.15, -0.1) is 0 Å². The van der Waals surface area contributed by atoms with E-state index in [0.717, 1.165) is 0 Å². The molecule has 0 spiro atoms. The Labute approximate surface area is 61.0 Å². The van der Waals surface area contributed by atoms with Gasteiger partial charge in [0, 0.05) is 25.7 Å². The maximum atomic E-state index is 7.09. The van der Waals surface area contributed by atoms with Gasteiger partial charge in [0.25, 0.3) is 0 Å². The van der Waals surface area contributed by atoms with Gasteiger partial charge in [0.1, 0.15) is 0 Å². The number of hydrogen-bond donors (Lipinski definition) is 3. The third-order valence-corrected chi connectivity index (χ3v) is 1.23. The first-order valence-electron chi connectivity index (χ1n) is 3.13. The first-order chi connectivity index (χ1) is 4.54. The number of hydrogen-bond acceptors (Lipinski definition) is 2. The fourth-order valence-electron chi connectivity index (χ4n) is 0.456. The van der Waals surface area contributed by atoms with Crippen LogP contribution in [0.5, 0.6) is 0 Å². The normalized spacial score (nSPS) is 9.00. The monoisotopic (exact) mass is 142 g/mol. The maximum absolute atomic E-state index is 7.09. The van der Waals surface area contributed by atoms with Crippen molar-refractivity contribution in [1.29, 1.82) is 10.8 Å². The van der Waals surface area contributed by atoms with E-state index in [1.807, 2.05) is 0 Å². The molecule has 0 aliphatic carbocycles. The highest BCUT2D eigenvalue weighted by Crippen LogP contribution is 1.86. The summed E-state index contributed by atoms with van der Waals surface area (Å²) in [4.78, 5) is 1.61. The summed E-state index contributed by atoms with van der Waals surface area (Å²) in [7, 11) is 1.74. The van der Waals surface area contributed by atoms with Gasteiger partial charge in [-0.3, -0.25) is 5.41 Å². The molecule has 4 N–H and O–H groups in total. The third-order valence-electron chi connectivity index (χ3n) is 1.23. The van der Waals surface area contributed by atoms with E-state index in [9.17, 15) is 0 Å². The van der Waals surface area contributed by atoms with Crippen molar-refractivity contribution >= 4 is 11.7 Å². The van der Waals surface area contributed by atoms with Gasteiger partial charge in [0.2, 0.25) is 0 Å². The molecule has 0 aromatic rings. The summed E-state index contributed by atoms with van der Waals surface area (Å²) in [6.45, 7) is 2.40. The van der Waals surface area contributed by atoms with Crippen LogP contribution in [0.4, 0.5) is 0 Å². The van der Waals surface area contributed by atoms with Crippen molar-refractivity contribution in [3.05, 3.63) is 0 Å². The van der Waals surface area contributed by atoms with Crippen LogP contribution in [0.25, 0.3) is 0 Å². The predicted molar refractivity (Wildman–Crippen MR) is 42.6 cm³/mol. The van der Waals surface area contributed by atoms with Gasteiger partial charge >= 0.3 is 0 Å². The molecular weight excluding hydrogens is 128 g/mol. The van der Waals surface area contributed by atoms with Crippen molar-refractivity contribution in [1.82, 2.24) is 4.90 Å². The molecule has 0 amide bonds. The second-order valence-electron chi connectivity index (χ2n) is 2.34. The van der Waals surface area contributed by atoms with Crippen LogP contribution in [0, 0.1) is 10.8 Å². The second-order valence-corrected chi connectivity index (χ2v) is 2.34. The molecule has 0 fully saturated rings. The number of rotatable bonds is 3. The highest BCUT2D eigenvalue weighted by Gasteiger charge is 1.98. The molecule has 0 bridgehead atoms. The highest BCUT2D eigenvalue weighted by molar-refractivity contribution is 5.80. The van der Waals surface area contributed by atoms with Crippen molar-refractivity contribution in [2.75, 3.05) is 13.6 Å². The van der Waals surface area contributed by atoms with Gasteiger partial charge < -0.3 is 16.0 Å². The minimum atomic E-state index is 0.0567. The van der Waals surface area contributed by atoms with Gasteiger partial charge in [-0.1, -0.05) is 0 Å². The fourth-order valence-corrected chi connectivity index (χ4v) is 0.456. The lowest BCUT2D eigenvalue weighted by Gasteiger charge is -2.15.